The fourth-order valence-corrected chi connectivity index (χ4v) is 4.91. The molecule has 0 aliphatic rings. The van der Waals surface area contributed by atoms with E-state index in [2.05, 4.69) is 10.3 Å². The minimum Gasteiger partial charge on any atom is -0.493 e. The Morgan fingerprint density at radius 1 is 1.03 bits per heavy atom. The summed E-state index contributed by atoms with van der Waals surface area (Å²) in [6.45, 7) is 0.604. The molecular weight excluding hydrogens is 493 g/mol. The lowest BCUT2D eigenvalue weighted by molar-refractivity contribution is -0.121. The zero-order chi connectivity index (χ0) is 26.2. The highest BCUT2D eigenvalue weighted by Crippen LogP contribution is 2.27. The molecule has 0 atom stereocenters. The maximum atomic E-state index is 14.1. The van der Waals surface area contributed by atoms with Crippen LogP contribution in [0.3, 0.4) is 0 Å². The van der Waals surface area contributed by atoms with Crippen molar-refractivity contribution in [1.82, 2.24) is 14.9 Å². The number of rotatable bonds is 11. The lowest BCUT2D eigenvalue weighted by Crippen LogP contribution is -2.30. The number of amides is 1. The van der Waals surface area contributed by atoms with Gasteiger partial charge in [0.25, 0.3) is 5.56 Å². The number of hydrogen-bond donors (Lipinski definition) is 1. The number of carbonyl (C=O) groups excluding carboxylic acids is 1. The Balaban J connectivity index is 1.42. The van der Waals surface area contributed by atoms with Gasteiger partial charge in [0.05, 0.1) is 25.1 Å². The number of aromatic nitrogens is 2. The highest BCUT2D eigenvalue weighted by molar-refractivity contribution is 7.98. The molecule has 0 unspecified atom stereocenters. The fraction of sp³-hybridized carbons (Fsp3) is 0.250. The van der Waals surface area contributed by atoms with Crippen LogP contribution in [0, 0.1) is 5.82 Å². The Hall–Kier alpha value is -3.85. The van der Waals surface area contributed by atoms with Crippen molar-refractivity contribution in [3.8, 4) is 11.5 Å². The van der Waals surface area contributed by atoms with Crippen molar-refractivity contribution < 1.29 is 18.7 Å². The summed E-state index contributed by atoms with van der Waals surface area (Å²) in [5.41, 5.74) is 1.87. The van der Waals surface area contributed by atoms with Crippen LogP contribution in [0.15, 0.2) is 76.7 Å². The average molecular weight is 522 g/mol. The minimum atomic E-state index is -0.307. The third-order valence-corrected chi connectivity index (χ3v) is 6.91. The Morgan fingerprint density at radius 2 is 1.78 bits per heavy atom. The summed E-state index contributed by atoms with van der Waals surface area (Å²) in [4.78, 5) is 30.5. The maximum Gasteiger partial charge on any atom is 0.262 e. The first kappa shape index (κ1) is 26.2. The van der Waals surface area contributed by atoms with Crippen LogP contribution < -0.4 is 20.3 Å². The van der Waals surface area contributed by atoms with E-state index in [4.69, 9.17) is 9.47 Å². The summed E-state index contributed by atoms with van der Waals surface area (Å²) < 4.78 is 26.2. The van der Waals surface area contributed by atoms with Crippen molar-refractivity contribution in [2.45, 2.75) is 30.3 Å². The van der Waals surface area contributed by atoms with Gasteiger partial charge in [-0.1, -0.05) is 48.2 Å². The van der Waals surface area contributed by atoms with Crippen LogP contribution in [0.1, 0.15) is 17.5 Å². The van der Waals surface area contributed by atoms with Crippen molar-refractivity contribution in [1.29, 1.82) is 0 Å². The first-order valence-corrected chi connectivity index (χ1v) is 12.8. The maximum absolute atomic E-state index is 14.1. The van der Waals surface area contributed by atoms with Gasteiger partial charge in [-0.3, -0.25) is 14.2 Å². The number of nitrogens with one attached hydrogen (secondary N) is 1. The molecule has 192 valence electrons. The Morgan fingerprint density at radius 3 is 2.57 bits per heavy atom. The SMILES string of the molecule is COc1ccc(CCNC(=O)CCn2c(SCc3ccccc3F)nc3ccccc3c2=O)cc1OC. The van der Waals surface area contributed by atoms with Crippen molar-refractivity contribution >= 4 is 28.6 Å². The zero-order valence-corrected chi connectivity index (χ0v) is 21.5. The van der Waals surface area contributed by atoms with Crippen molar-refractivity contribution in [3.63, 3.8) is 0 Å². The summed E-state index contributed by atoms with van der Waals surface area (Å²) in [5, 5.41) is 3.83. The van der Waals surface area contributed by atoms with E-state index < -0.39 is 0 Å². The molecule has 7 nitrogen and oxygen atoms in total. The summed E-state index contributed by atoms with van der Waals surface area (Å²) in [6.07, 6.45) is 0.729. The number of nitrogens with zero attached hydrogens (tertiary/aromatic N) is 2. The van der Waals surface area contributed by atoms with Gasteiger partial charge in [-0.2, -0.15) is 0 Å². The number of methoxy groups -OCH3 is 2. The van der Waals surface area contributed by atoms with Crippen molar-refractivity contribution in [2.75, 3.05) is 20.8 Å². The molecule has 4 rings (SSSR count). The zero-order valence-electron chi connectivity index (χ0n) is 20.7. The van der Waals surface area contributed by atoms with Crippen LogP contribution in [0.5, 0.6) is 11.5 Å². The number of fused-ring (bicyclic) bond motifs is 1. The molecule has 1 heterocycles. The van der Waals surface area contributed by atoms with E-state index in [0.29, 0.717) is 51.8 Å². The molecule has 37 heavy (non-hydrogen) atoms. The monoisotopic (exact) mass is 521 g/mol. The molecule has 0 fully saturated rings. The number of para-hydroxylation sites is 1. The number of benzene rings is 3. The summed E-state index contributed by atoms with van der Waals surface area (Å²) in [6, 6.07) is 19.2. The number of thioether (sulfide) groups is 1. The molecule has 0 aliphatic heterocycles. The molecule has 1 amide bonds. The Labute approximate surface area is 218 Å². The van der Waals surface area contributed by atoms with E-state index >= 15 is 0 Å². The molecule has 9 heteroatoms. The van der Waals surface area contributed by atoms with E-state index in [9.17, 15) is 14.0 Å². The first-order chi connectivity index (χ1) is 18.0. The molecule has 0 saturated heterocycles. The lowest BCUT2D eigenvalue weighted by atomic mass is 10.1. The minimum absolute atomic E-state index is 0.110. The summed E-state index contributed by atoms with van der Waals surface area (Å²) in [7, 11) is 3.16. The smallest absolute Gasteiger partial charge is 0.262 e. The van der Waals surface area contributed by atoms with E-state index in [1.165, 1.54) is 22.4 Å². The highest BCUT2D eigenvalue weighted by atomic mass is 32.2. The van der Waals surface area contributed by atoms with E-state index in [1.807, 2.05) is 24.3 Å². The van der Waals surface area contributed by atoms with Crippen LogP contribution in [-0.2, 0) is 23.5 Å². The molecule has 0 bridgehead atoms. The number of carbonyl (C=O) groups is 1. The standard InChI is InChI=1S/C28H28FN3O4S/c1-35-24-12-11-19(17-25(24)36-2)13-15-30-26(33)14-16-32-27(34)21-8-4-6-10-23(21)31-28(32)37-18-20-7-3-5-9-22(20)29/h3-12,17H,13-16,18H2,1-2H3,(H,30,33). The van der Waals surface area contributed by atoms with Crippen LogP contribution in [0.2, 0.25) is 0 Å². The molecular formula is C28H28FN3O4S. The molecule has 0 saturated carbocycles. The van der Waals surface area contributed by atoms with Gasteiger partial charge >= 0.3 is 0 Å². The van der Waals surface area contributed by atoms with Gasteiger partial charge in [0, 0.05) is 25.3 Å². The van der Waals surface area contributed by atoms with Crippen LogP contribution >= 0.6 is 11.8 Å². The van der Waals surface area contributed by atoms with Crippen molar-refractivity contribution in [2.24, 2.45) is 0 Å². The van der Waals surface area contributed by atoms with E-state index in [-0.39, 0.29) is 30.2 Å². The second-order valence-corrected chi connectivity index (χ2v) is 9.23. The Bertz CT molecular complexity index is 1460. The van der Waals surface area contributed by atoms with E-state index in [1.54, 1.807) is 50.6 Å². The largest absolute Gasteiger partial charge is 0.493 e. The van der Waals surface area contributed by atoms with Crippen LogP contribution in [0.4, 0.5) is 4.39 Å². The average Bonchev–Trinajstić information content (AvgIpc) is 2.92. The van der Waals surface area contributed by atoms with Gasteiger partial charge in [-0.25, -0.2) is 9.37 Å². The van der Waals surface area contributed by atoms with Gasteiger partial charge in [0.1, 0.15) is 5.82 Å². The number of ether oxygens (including phenoxy) is 2. The van der Waals surface area contributed by atoms with Gasteiger partial charge in [-0.15, -0.1) is 0 Å². The molecule has 0 radical (unpaired) electrons. The quantitative estimate of drug-likeness (QED) is 0.230. The van der Waals surface area contributed by atoms with Gasteiger partial charge in [-0.05, 0) is 47.9 Å². The van der Waals surface area contributed by atoms with Gasteiger partial charge in [0.2, 0.25) is 5.91 Å². The number of halogens is 1. The van der Waals surface area contributed by atoms with Crippen LogP contribution in [-0.4, -0.2) is 36.2 Å². The molecule has 0 spiro atoms. The second-order valence-electron chi connectivity index (χ2n) is 8.29. The number of hydrogen-bond acceptors (Lipinski definition) is 6. The third kappa shape index (κ3) is 6.48. The Kier molecular flexibility index (Phi) is 8.79. The molecule has 1 aromatic heterocycles. The lowest BCUT2D eigenvalue weighted by Gasteiger charge is -2.14. The van der Waals surface area contributed by atoms with Gasteiger partial charge in [0.15, 0.2) is 16.7 Å². The van der Waals surface area contributed by atoms with Gasteiger partial charge < -0.3 is 14.8 Å². The normalized spacial score (nSPS) is 10.9. The molecule has 4 aromatic rings. The summed E-state index contributed by atoms with van der Waals surface area (Å²) in [5.74, 6) is 1.11. The predicted molar refractivity (Wildman–Crippen MR) is 143 cm³/mol. The second kappa shape index (κ2) is 12.4. The first-order valence-electron chi connectivity index (χ1n) is 11.8. The van der Waals surface area contributed by atoms with Crippen molar-refractivity contribution in [3.05, 3.63) is 94.0 Å². The predicted octanol–water partition coefficient (Wildman–Crippen LogP) is 4.59. The van der Waals surface area contributed by atoms with E-state index in [0.717, 1.165) is 5.56 Å². The summed E-state index contributed by atoms with van der Waals surface area (Å²) >= 11 is 1.27. The fourth-order valence-electron chi connectivity index (χ4n) is 3.90. The molecule has 1 N–H and O–H groups in total. The van der Waals surface area contributed by atoms with Crippen LogP contribution in [0.25, 0.3) is 10.9 Å². The molecule has 3 aromatic carbocycles. The molecule has 0 aliphatic carbocycles. The topological polar surface area (TPSA) is 82.5 Å². The third-order valence-electron chi connectivity index (χ3n) is 5.89. The highest BCUT2D eigenvalue weighted by Gasteiger charge is 2.14.